The van der Waals surface area contributed by atoms with Crippen molar-refractivity contribution in [2.45, 2.75) is 25.5 Å². The van der Waals surface area contributed by atoms with Gasteiger partial charge >= 0.3 is 6.01 Å². The van der Waals surface area contributed by atoms with Crippen molar-refractivity contribution in [1.29, 1.82) is 0 Å². The van der Waals surface area contributed by atoms with Crippen LogP contribution in [0.3, 0.4) is 0 Å². The van der Waals surface area contributed by atoms with Crippen LogP contribution in [-0.2, 0) is 6.54 Å². The van der Waals surface area contributed by atoms with Crippen molar-refractivity contribution in [3.8, 4) is 16.5 Å². The van der Waals surface area contributed by atoms with E-state index in [9.17, 15) is 4.39 Å². The van der Waals surface area contributed by atoms with Crippen LogP contribution in [0, 0.1) is 5.82 Å². The van der Waals surface area contributed by atoms with Crippen LogP contribution in [0.1, 0.15) is 18.4 Å². The predicted octanol–water partition coefficient (Wildman–Crippen LogP) is 4.09. The van der Waals surface area contributed by atoms with E-state index >= 15 is 0 Å². The van der Waals surface area contributed by atoms with E-state index in [4.69, 9.17) is 9.15 Å². The van der Waals surface area contributed by atoms with Gasteiger partial charge in [-0.2, -0.15) is 0 Å². The molecule has 4 rings (SSSR count). The SMILES string of the molecule is Fc1c(CNc2nnc(-c3cccs3)o2)cccc1OC1CC1. The van der Waals surface area contributed by atoms with Crippen molar-refractivity contribution in [1.82, 2.24) is 10.2 Å². The fraction of sp³-hybridized carbons (Fsp3) is 0.250. The molecule has 3 aromatic rings. The van der Waals surface area contributed by atoms with Crippen LogP contribution in [0.4, 0.5) is 10.4 Å². The van der Waals surface area contributed by atoms with Crippen LogP contribution in [0.25, 0.3) is 10.8 Å². The zero-order valence-corrected chi connectivity index (χ0v) is 13.0. The number of rotatable bonds is 6. The highest BCUT2D eigenvalue weighted by atomic mass is 32.1. The Morgan fingerprint density at radius 2 is 2.17 bits per heavy atom. The summed E-state index contributed by atoms with van der Waals surface area (Å²) in [4.78, 5) is 0.900. The van der Waals surface area contributed by atoms with Gasteiger partial charge in [0.1, 0.15) is 0 Å². The monoisotopic (exact) mass is 331 g/mol. The number of anilines is 1. The molecule has 1 saturated carbocycles. The summed E-state index contributed by atoms with van der Waals surface area (Å²) in [6.07, 6.45) is 2.15. The second-order valence-corrected chi connectivity index (χ2v) is 6.24. The van der Waals surface area contributed by atoms with Gasteiger partial charge in [0.15, 0.2) is 11.6 Å². The normalized spacial score (nSPS) is 14.0. The summed E-state index contributed by atoms with van der Waals surface area (Å²) < 4.78 is 25.4. The maximum absolute atomic E-state index is 14.4. The van der Waals surface area contributed by atoms with E-state index in [-0.39, 0.29) is 24.5 Å². The number of nitrogens with one attached hydrogen (secondary N) is 1. The van der Waals surface area contributed by atoms with Crippen LogP contribution in [0.2, 0.25) is 0 Å². The predicted molar refractivity (Wildman–Crippen MR) is 85.0 cm³/mol. The first-order chi connectivity index (χ1) is 11.3. The highest BCUT2D eigenvalue weighted by Gasteiger charge is 2.25. The van der Waals surface area contributed by atoms with Gasteiger partial charge in [-0.1, -0.05) is 23.3 Å². The summed E-state index contributed by atoms with van der Waals surface area (Å²) in [6, 6.07) is 9.22. The number of benzene rings is 1. The third kappa shape index (κ3) is 3.19. The molecule has 1 aliphatic carbocycles. The van der Waals surface area contributed by atoms with Crippen LogP contribution in [0.15, 0.2) is 40.1 Å². The van der Waals surface area contributed by atoms with Crippen molar-refractivity contribution in [3.63, 3.8) is 0 Å². The Bertz CT molecular complexity index is 800. The molecule has 0 unspecified atom stereocenters. The van der Waals surface area contributed by atoms with Gasteiger partial charge in [0, 0.05) is 12.1 Å². The van der Waals surface area contributed by atoms with E-state index in [1.165, 1.54) is 11.3 Å². The smallest absolute Gasteiger partial charge is 0.316 e. The molecule has 0 amide bonds. The molecule has 1 fully saturated rings. The number of ether oxygens (including phenoxy) is 1. The summed E-state index contributed by atoms with van der Waals surface area (Å²) in [7, 11) is 0. The van der Waals surface area contributed by atoms with Crippen LogP contribution >= 0.6 is 11.3 Å². The Labute approximate surface area is 136 Å². The zero-order valence-electron chi connectivity index (χ0n) is 12.2. The Morgan fingerprint density at radius 3 is 2.96 bits per heavy atom. The fourth-order valence-corrected chi connectivity index (χ4v) is 2.76. The molecule has 118 valence electrons. The lowest BCUT2D eigenvalue weighted by atomic mass is 10.2. The fourth-order valence-electron chi connectivity index (χ4n) is 2.11. The Hall–Kier alpha value is -2.41. The summed E-state index contributed by atoms with van der Waals surface area (Å²) in [6.45, 7) is 0.250. The van der Waals surface area contributed by atoms with Crippen molar-refractivity contribution in [2.75, 3.05) is 5.32 Å². The Balaban J connectivity index is 1.44. The molecule has 1 aliphatic rings. The van der Waals surface area contributed by atoms with Crippen molar-refractivity contribution in [2.24, 2.45) is 0 Å². The molecule has 2 heterocycles. The highest BCUT2D eigenvalue weighted by molar-refractivity contribution is 7.13. The molecule has 5 nitrogen and oxygen atoms in total. The topological polar surface area (TPSA) is 60.2 Å². The van der Waals surface area contributed by atoms with E-state index in [1.807, 2.05) is 17.5 Å². The van der Waals surface area contributed by atoms with Gasteiger partial charge < -0.3 is 14.5 Å². The maximum Gasteiger partial charge on any atom is 0.316 e. The number of hydrogen-bond acceptors (Lipinski definition) is 6. The Kier molecular flexibility index (Phi) is 3.70. The molecule has 0 aliphatic heterocycles. The first-order valence-corrected chi connectivity index (χ1v) is 8.23. The lowest BCUT2D eigenvalue weighted by Gasteiger charge is -2.09. The highest BCUT2D eigenvalue weighted by Crippen LogP contribution is 2.30. The third-order valence-corrected chi connectivity index (χ3v) is 4.31. The molecule has 2 aromatic heterocycles. The number of halogens is 1. The van der Waals surface area contributed by atoms with Gasteiger partial charge in [-0.05, 0) is 30.4 Å². The number of aromatic nitrogens is 2. The van der Waals surface area contributed by atoms with E-state index in [2.05, 4.69) is 15.5 Å². The third-order valence-electron chi connectivity index (χ3n) is 3.45. The van der Waals surface area contributed by atoms with E-state index in [0.29, 0.717) is 17.2 Å². The number of thiophene rings is 1. The zero-order chi connectivity index (χ0) is 15.6. The van der Waals surface area contributed by atoms with Crippen LogP contribution < -0.4 is 10.1 Å². The first-order valence-electron chi connectivity index (χ1n) is 7.35. The van der Waals surface area contributed by atoms with E-state index in [1.54, 1.807) is 18.2 Å². The molecular formula is C16H14FN3O2S. The molecule has 1 aromatic carbocycles. The number of nitrogens with zero attached hydrogens (tertiary/aromatic N) is 2. The molecule has 0 radical (unpaired) electrons. The molecule has 23 heavy (non-hydrogen) atoms. The summed E-state index contributed by atoms with van der Waals surface area (Å²) in [5.74, 6) is 0.412. The summed E-state index contributed by atoms with van der Waals surface area (Å²) in [5.41, 5.74) is 0.499. The second-order valence-electron chi connectivity index (χ2n) is 5.29. The minimum absolute atomic E-state index is 0.164. The van der Waals surface area contributed by atoms with Gasteiger partial charge in [0.05, 0.1) is 11.0 Å². The molecule has 0 spiro atoms. The molecule has 0 atom stereocenters. The minimum atomic E-state index is -0.343. The standard InChI is InChI=1S/C16H14FN3O2S/c17-14-10(3-1-4-12(14)21-11-6-7-11)9-18-16-20-19-15(22-16)13-5-2-8-23-13/h1-5,8,11H,6-7,9H2,(H,18,20). The molecule has 1 N–H and O–H groups in total. The summed E-state index contributed by atoms with van der Waals surface area (Å²) in [5, 5.41) is 12.8. The largest absolute Gasteiger partial charge is 0.487 e. The summed E-state index contributed by atoms with van der Waals surface area (Å²) >= 11 is 1.52. The van der Waals surface area contributed by atoms with Crippen molar-refractivity contribution >= 4 is 17.4 Å². The average molecular weight is 331 g/mol. The van der Waals surface area contributed by atoms with Crippen LogP contribution in [0.5, 0.6) is 5.75 Å². The molecular weight excluding hydrogens is 317 g/mol. The second kappa shape index (κ2) is 6.00. The number of hydrogen-bond donors (Lipinski definition) is 1. The average Bonchev–Trinajstić information content (AvgIpc) is 3.04. The first kappa shape index (κ1) is 14.2. The van der Waals surface area contributed by atoms with Crippen LogP contribution in [-0.4, -0.2) is 16.3 Å². The lowest BCUT2D eigenvalue weighted by molar-refractivity contribution is 0.286. The van der Waals surface area contributed by atoms with Crippen molar-refractivity contribution < 1.29 is 13.5 Å². The van der Waals surface area contributed by atoms with E-state index < -0.39 is 0 Å². The lowest BCUT2D eigenvalue weighted by Crippen LogP contribution is -2.05. The van der Waals surface area contributed by atoms with Gasteiger partial charge in [-0.15, -0.1) is 16.4 Å². The van der Waals surface area contributed by atoms with Crippen molar-refractivity contribution in [3.05, 3.63) is 47.1 Å². The molecule has 7 heteroatoms. The van der Waals surface area contributed by atoms with E-state index in [0.717, 1.165) is 17.7 Å². The quantitative estimate of drug-likeness (QED) is 0.737. The maximum atomic E-state index is 14.4. The minimum Gasteiger partial charge on any atom is -0.487 e. The van der Waals surface area contributed by atoms with Gasteiger partial charge in [0.2, 0.25) is 0 Å². The van der Waals surface area contributed by atoms with Gasteiger partial charge in [-0.25, -0.2) is 4.39 Å². The Morgan fingerprint density at radius 1 is 1.26 bits per heavy atom. The molecule has 0 saturated heterocycles. The van der Waals surface area contributed by atoms with Gasteiger partial charge in [-0.3, -0.25) is 0 Å². The van der Waals surface area contributed by atoms with Gasteiger partial charge in [0.25, 0.3) is 5.89 Å². The molecule has 0 bridgehead atoms.